The molecule has 0 atom stereocenters. The van der Waals surface area contributed by atoms with Crippen molar-refractivity contribution < 1.29 is 0 Å². The van der Waals surface area contributed by atoms with E-state index in [1.807, 2.05) is 24.3 Å². The third-order valence-corrected chi connectivity index (χ3v) is 12.1. The summed E-state index contributed by atoms with van der Waals surface area (Å²) in [5, 5.41) is 0. The van der Waals surface area contributed by atoms with Crippen molar-refractivity contribution in [2.45, 2.75) is 5.41 Å². The summed E-state index contributed by atoms with van der Waals surface area (Å²) in [5.74, 6) is 0.700. The largest absolute Gasteiger partial charge is 0.228 e. The maximum Gasteiger partial charge on any atom is 0.160 e. The van der Waals surface area contributed by atoms with Crippen LogP contribution in [0.3, 0.4) is 0 Å². The fourth-order valence-corrected chi connectivity index (χ4v) is 9.33. The van der Waals surface area contributed by atoms with Crippen LogP contribution < -0.4 is 0 Å². The van der Waals surface area contributed by atoms with Crippen molar-refractivity contribution in [3.8, 4) is 78.4 Å². The highest BCUT2D eigenvalue weighted by atomic mass is 14.9. The molecule has 0 spiro atoms. The van der Waals surface area contributed by atoms with Gasteiger partial charge in [-0.1, -0.05) is 206 Å². The van der Waals surface area contributed by atoms with E-state index in [2.05, 4.69) is 218 Å². The summed E-state index contributed by atoms with van der Waals surface area (Å²) < 4.78 is 0. The maximum atomic E-state index is 5.23. The van der Waals surface area contributed by atoms with Gasteiger partial charge in [-0.15, -0.1) is 0 Å². The second-order valence-corrected chi connectivity index (χ2v) is 15.7. The quantitative estimate of drug-likeness (QED) is 0.154. The molecular weight excluding hydrogens is 737 g/mol. The number of hydrogen-bond donors (Lipinski definition) is 0. The van der Waals surface area contributed by atoms with Crippen molar-refractivity contribution in [1.82, 2.24) is 9.97 Å². The Bertz CT molecular complexity index is 3070. The molecule has 1 aromatic heterocycles. The molecule has 0 unspecified atom stereocenters. The smallest absolute Gasteiger partial charge is 0.160 e. The minimum atomic E-state index is -0.463. The SMILES string of the molecule is c1ccc(-c2cc(-c3cccc(-c4cccc(C5(c6ccccc6)c6ccccc6-c6ccccc65)c4)c3)cc(-c3cc(-c4ccccc4)nc(-c4ccccc4)n3)c2)cc1. The molecule has 11 rings (SSSR count). The van der Waals surface area contributed by atoms with Crippen LogP contribution in [0.5, 0.6) is 0 Å². The van der Waals surface area contributed by atoms with Crippen LogP contribution in [0.2, 0.25) is 0 Å². The lowest BCUT2D eigenvalue weighted by Crippen LogP contribution is -2.28. The Morgan fingerprint density at radius 3 is 1.26 bits per heavy atom. The maximum absolute atomic E-state index is 5.23. The van der Waals surface area contributed by atoms with Gasteiger partial charge in [0.2, 0.25) is 0 Å². The Morgan fingerprint density at radius 2 is 0.639 bits per heavy atom. The molecule has 1 aliphatic rings. The third-order valence-electron chi connectivity index (χ3n) is 12.1. The van der Waals surface area contributed by atoms with E-state index in [1.54, 1.807) is 0 Å². The molecule has 0 aliphatic heterocycles. The molecule has 0 N–H and O–H groups in total. The molecule has 10 aromatic rings. The standard InChI is InChI=1S/C59H40N2/c1-5-19-41(20-6-1)47-36-48(38-49(37-47)57-40-56(42-21-7-2-8-22-42)60-58(61-57)43-23-9-3-10-24-43)45-26-17-25-44(35-45)46-27-18-30-51(39-46)59(50-28-11-4-12-29-50)54-33-15-13-31-52(54)53-32-14-16-34-55(53)59/h1-40H. The van der Waals surface area contributed by atoms with Gasteiger partial charge in [-0.2, -0.15) is 0 Å². The Kier molecular flexibility index (Phi) is 9.09. The van der Waals surface area contributed by atoms with Gasteiger partial charge in [0.05, 0.1) is 16.8 Å². The van der Waals surface area contributed by atoms with E-state index in [1.165, 1.54) is 38.9 Å². The second kappa shape index (κ2) is 15.3. The number of fused-ring (bicyclic) bond motifs is 3. The first-order chi connectivity index (χ1) is 30.2. The highest BCUT2D eigenvalue weighted by molar-refractivity contribution is 5.88. The van der Waals surface area contributed by atoms with Crippen molar-refractivity contribution in [2.75, 3.05) is 0 Å². The third kappa shape index (κ3) is 6.46. The summed E-state index contributed by atoms with van der Waals surface area (Å²) in [6.07, 6.45) is 0. The summed E-state index contributed by atoms with van der Waals surface area (Å²) in [6, 6.07) is 87.3. The summed E-state index contributed by atoms with van der Waals surface area (Å²) in [7, 11) is 0. The van der Waals surface area contributed by atoms with Gasteiger partial charge in [0, 0.05) is 16.7 Å². The van der Waals surface area contributed by atoms with Crippen LogP contribution in [-0.4, -0.2) is 9.97 Å². The summed E-state index contributed by atoms with van der Waals surface area (Å²) in [6.45, 7) is 0. The predicted octanol–water partition coefficient (Wildman–Crippen LogP) is 14.8. The molecule has 9 aromatic carbocycles. The molecular formula is C59H40N2. The predicted molar refractivity (Wildman–Crippen MR) is 252 cm³/mol. The molecule has 0 radical (unpaired) electrons. The molecule has 0 bridgehead atoms. The number of benzene rings is 9. The molecule has 0 fully saturated rings. The minimum Gasteiger partial charge on any atom is -0.228 e. The Labute approximate surface area is 357 Å². The molecule has 1 heterocycles. The molecule has 0 saturated carbocycles. The fourth-order valence-electron chi connectivity index (χ4n) is 9.33. The number of nitrogens with zero attached hydrogens (tertiary/aromatic N) is 2. The van der Waals surface area contributed by atoms with Crippen molar-refractivity contribution >= 4 is 0 Å². The van der Waals surface area contributed by atoms with Gasteiger partial charge in [-0.25, -0.2) is 9.97 Å². The number of aromatic nitrogens is 2. The Balaban J connectivity index is 1.06. The lowest BCUT2D eigenvalue weighted by Gasteiger charge is -2.34. The van der Waals surface area contributed by atoms with Gasteiger partial charge in [0.1, 0.15) is 0 Å². The molecule has 0 amide bonds. The van der Waals surface area contributed by atoms with E-state index >= 15 is 0 Å². The minimum absolute atomic E-state index is 0.463. The van der Waals surface area contributed by atoms with Crippen molar-refractivity contribution in [3.63, 3.8) is 0 Å². The average Bonchev–Trinajstić information content (AvgIpc) is 3.66. The highest BCUT2D eigenvalue weighted by Crippen LogP contribution is 2.56. The van der Waals surface area contributed by atoms with Gasteiger partial charge in [0.25, 0.3) is 0 Å². The van der Waals surface area contributed by atoms with E-state index in [9.17, 15) is 0 Å². The summed E-state index contributed by atoms with van der Waals surface area (Å²) in [4.78, 5) is 10.3. The first kappa shape index (κ1) is 36.2. The van der Waals surface area contributed by atoms with Gasteiger partial charge in [-0.3, -0.25) is 0 Å². The normalized spacial score (nSPS) is 12.4. The summed E-state index contributed by atoms with van der Waals surface area (Å²) >= 11 is 0. The van der Waals surface area contributed by atoms with Crippen LogP contribution in [0, 0.1) is 0 Å². The van der Waals surface area contributed by atoms with Crippen molar-refractivity contribution in [2.24, 2.45) is 0 Å². The lowest BCUT2D eigenvalue weighted by atomic mass is 9.67. The van der Waals surface area contributed by atoms with Crippen LogP contribution in [0.25, 0.3) is 78.4 Å². The van der Waals surface area contributed by atoms with Crippen LogP contribution in [0.4, 0.5) is 0 Å². The second-order valence-electron chi connectivity index (χ2n) is 15.7. The van der Waals surface area contributed by atoms with Gasteiger partial charge in [-0.05, 0) is 103 Å². The van der Waals surface area contributed by atoms with Crippen LogP contribution in [0.15, 0.2) is 243 Å². The van der Waals surface area contributed by atoms with Crippen molar-refractivity contribution in [1.29, 1.82) is 0 Å². The molecule has 0 saturated heterocycles. The van der Waals surface area contributed by atoms with E-state index in [0.717, 1.165) is 55.9 Å². The van der Waals surface area contributed by atoms with Gasteiger partial charge in [0.15, 0.2) is 5.82 Å². The molecule has 61 heavy (non-hydrogen) atoms. The van der Waals surface area contributed by atoms with Crippen LogP contribution >= 0.6 is 0 Å². The first-order valence-corrected chi connectivity index (χ1v) is 20.9. The van der Waals surface area contributed by atoms with Crippen LogP contribution in [0.1, 0.15) is 22.3 Å². The Hall–Kier alpha value is -7.94. The van der Waals surface area contributed by atoms with Crippen LogP contribution in [-0.2, 0) is 5.41 Å². The van der Waals surface area contributed by atoms with E-state index in [4.69, 9.17) is 9.97 Å². The number of hydrogen-bond acceptors (Lipinski definition) is 2. The van der Waals surface area contributed by atoms with Gasteiger partial charge >= 0.3 is 0 Å². The molecule has 2 heteroatoms. The number of rotatable bonds is 8. The molecule has 1 aliphatic carbocycles. The molecule has 2 nitrogen and oxygen atoms in total. The van der Waals surface area contributed by atoms with Crippen molar-refractivity contribution in [3.05, 3.63) is 265 Å². The zero-order chi connectivity index (χ0) is 40.6. The van der Waals surface area contributed by atoms with Gasteiger partial charge < -0.3 is 0 Å². The topological polar surface area (TPSA) is 25.8 Å². The Morgan fingerprint density at radius 1 is 0.246 bits per heavy atom. The average molecular weight is 777 g/mol. The van der Waals surface area contributed by atoms with E-state index < -0.39 is 5.41 Å². The fraction of sp³-hybridized carbons (Fsp3) is 0.0169. The molecule has 286 valence electrons. The lowest BCUT2D eigenvalue weighted by molar-refractivity contribution is 0.769. The van der Waals surface area contributed by atoms with E-state index in [0.29, 0.717) is 5.82 Å². The summed E-state index contributed by atoms with van der Waals surface area (Å²) in [5.41, 5.74) is 19.0. The first-order valence-electron chi connectivity index (χ1n) is 20.9. The highest BCUT2D eigenvalue weighted by Gasteiger charge is 2.45. The monoisotopic (exact) mass is 776 g/mol. The van der Waals surface area contributed by atoms with E-state index in [-0.39, 0.29) is 0 Å². The zero-order valence-electron chi connectivity index (χ0n) is 33.5. The zero-order valence-corrected chi connectivity index (χ0v) is 33.5.